The van der Waals surface area contributed by atoms with Gasteiger partial charge in [0.1, 0.15) is 0 Å². The molecule has 0 saturated carbocycles. The number of esters is 1. The highest BCUT2D eigenvalue weighted by atomic mass is 32.2. The van der Waals surface area contributed by atoms with Crippen molar-refractivity contribution in [2.75, 3.05) is 12.4 Å². The molecular weight excluding hydrogens is 426 g/mol. The molecule has 32 heavy (non-hydrogen) atoms. The van der Waals surface area contributed by atoms with E-state index in [0.717, 1.165) is 11.1 Å². The standard InChI is InChI=1S/C25H25NO5S/c1-2-32(29,30)23-16-10-9-15-21(23)25(28)31-18-24(27)26-22(20-13-7-4-8-14-20)17-19-11-5-3-6-12-19/h3-16,22H,2,17-18H2,1H3,(H,26,27). The van der Waals surface area contributed by atoms with Crippen molar-refractivity contribution >= 4 is 21.7 Å². The lowest BCUT2D eigenvalue weighted by molar-refractivity contribution is -0.125. The normalized spacial score (nSPS) is 12.0. The van der Waals surface area contributed by atoms with Crippen LogP contribution in [0.4, 0.5) is 0 Å². The van der Waals surface area contributed by atoms with E-state index < -0.39 is 28.3 Å². The van der Waals surface area contributed by atoms with Crippen molar-refractivity contribution in [3.05, 3.63) is 102 Å². The van der Waals surface area contributed by atoms with E-state index in [1.807, 2.05) is 60.7 Å². The van der Waals surface area contributed by atoms with Gasteiger partial charge in [-0.3, -0.25) is 4.79 Å². The summed E-state index contributed by atoms with van der Waals surface area (Å²) in [5, 5.41) is 2.91. The van der Waals surface area contributed by atoms with Gasteiger partial charge >= 0.3 is 5.97 Å². The molecule has 3 aromatic rings. The summed E-state index contributed by atoms with van der Waals surface area (Å²) in [5.74, 6) is -1.47. The van der Waals surface area contributed by atoms with Crippen LogP contribution in [0.2, 0.25) is 0 Å². The molecule has 0 aliphatic rings. The molecular formula is C25H25NO5S. The number of sulfone groups is 1. The zero-order chi connectivity index (χ0) is 23.0. The minimum Gasteiger partial charge on any atom is -0.452 e. The Hall–Kier alpha value is -3.45. The van der Waals surface area contributed by atoms with Crippen LogP contribution in [-0.4, -0.2) is 32.7 Å². The van der Waals surface area contributed by atoms with Crippen molar-refractivity contribution < 1.29 is 22.7 Å². The van der Waals surface area contributed by atoms with Crippen molar-refractivity contribution in [2.45, 2.75) is 24.3 Å². The van der Waals surface area contributed by atoms with Crippen LogP contribution in [0.1, 0.15) is 34.5 Å². The molecule has 0 heterocycles. The molecule has 0 bridgehead atoms. The predicted octanol–water partition coefficient (Wildman–Crippen LogP) is 3.74. The van der Waals surface area contributed by atoms with E-state index in [9.17, 15) is 18.0 Å². The minimum atomic E-state index is -3.60. The van der Waals surface area contributed by atoms with E-state index in [0.29, 0.717) is 6.42 Å². The molecule has 0 spiro atoms. The second-order valence-corrected chi connectivity index (χ2v) is 9.44. The van der Waals surface area contributed by atoms with Crippen LogP contribution in [0.3, 0.4) is 0 Å². The van der Waals surface area contributed by atoms with Gasteiger partial charge in [-0.15, -0.1) is 0 Å². The Labute approximate surface area is 188 Å². The third kappa shape index (κ3) is 6.04. The molecule has 1 amide bonds. The summed E-state index contributed by atoms with van der Waals surface area (Å²) in [6.45, 7) is 0.985. The van der Waals surface area contributed by atoms with Gasteiger partial charge in [0.05, 0.1) is 22.3 Å². The quantitative estimate of drug-likeness (QED) is 0.501. The molecule has 0 aliphatic carbocycles. The largest absolute Gasteiger partial charge is 0.452 e. The maximum absolute atomic E-state index is 12.6. The maximum atomic E-state index is 12.6. The number of benzene rings is 3. The van der Waals surface area contributed by atoms with Gasteiger partial charge in [-0.25, -0.2) is 13.2 Å². The van der Waals surface area contributed by atoms with Crippen molar-refractivity contribution in [2.24, 2.45) is 0 Å². The molecule has 0 fully saturated rings. The fourth-order valence-electron chi connectivity index (χ4n) is 3.29. The number of carbonyl (C=O) groups is 2. The number of ether oxygens (including phenoxy) is 1. The van der Waals surface area contributed by atoms with Crippen molar-refractivity contribution in [3.8, 4) is 0 Å². The van der Waals surface area contributed by atoms with Gasteiger partial charge in [0.25, 0.3) is 5.91 Å². The van der Waals surface area contributed by atoms with E-state index in [-0.39, 0.29) is 22.3 Å². The maximum Gasteiger partial charge on any atom is 0.339 e. The molecule has 166 valence electrons. The summed E-state index contributed by atoms with van der Waals surface area (Å²) in [7, 11) is -3.60. The summed E-state index contributed by atoms with van der Waals surface area (Å²) >= 11 is 0. The summed E-state index contributed by atoms with van der Waals surface area (Å²) < 4.78 is 29.6. The van der Waals surface area contributed by atoms with Gasteiger partial charge in [0.15, 0.2) is 16.4 Å². The first-order valence-electron chi connectivity index (χ1n) is 10.3. The lowest BCUT2D eigenvalue weighted by Gasteiger charge is -2.19. The van der Waals surface area contributed by atoms with E-state index in [1.165, 1.54) is 19.1 Å². The average molecular weight is 452 g/mol. The van der Waals surface area contributed by atoms with Crippen LogP contribution in [0, 0.1) is 0 Å². The van der Waals surface area contributed by atoms with Crippen molar-refractivity contribution in [3.63, 3.8) is 0 Å². The van der Waals surface area contributed by atoms with E-state index >= 15 is 0 Å². The molecule has 3 rings (SSSR count). The average Bonchev–Trinajstić information content (AvgIpc) is 2.83. The van der Waals surface area contributed by atoms with Crippen molar-refractivity contribution in [1.29, 1.82) is 0 Å². The summed E-state index contributed by atoms with van der Waals surface area (Å²) in [6.07, 6.45) is 0.572. The Morgan fingerprint density at radius 2 is 1.47 bits per heavy atom. The van der Waals surface area contributed by atoms with Gasteiger partial charge in [-0.1, -0.05) is 79.7 Å². The Morgan fingerprint density at radius 3 is 2.12 bits per heavy atom. The Morgan fingerprint density at radius 1 is 0.875 bits per heavy atom. The molecule has 1 unspecified atom stereocenters. The monoisotopic (exact) mass is 451 g/mol. The molecule has 0 radical (unpaired) electrons. The van der Waals surface area contributed by atoms with Gasteiger partial charge in [-0.2, -0.15) is 0 Å². The van der Waals surface area contributed by atoms with Crippen LogP contribution in [-0.2, 0) is 25.8 Å². The number of hydrogen-bond donors (Lipinski definition) is 1. The van der Waals surface area contributed by atoms with E-state index in [1.54, 1.807) is 12.1 Å². The highest BCUT2D eigenvalue weighted by Crippen LogP contribution is 2.20. The predicted molar refractivity (Wildman–Crippen MR) is 122 cm³/mol. The second kappa shape index (κ2) is 10.7. The Kier molecular flexibility index (Phi) is 7.78. The van der Waals surface area contributed by atoms with E-state index in [4.69, 9.17) is 4.74 Å². The van der Waals surface area contributed by atoms with Crippen LogP contribution in [0.25, 0.3) is 0 Å². The number of rotatable bonds is 9. The molecule has 0 aliphatic heterocycles. The van der Waals surface area contributed by atoms with Gasteiger partial charge < -0.3 is 10.1 Å². The van der Waals surface area contributed by atoms with Gasteiger partial charge in [-0.05, 0) is 29.7 Å². The van der Waals surface area contributed by atoms with Gasteiger partial charge in [0.2, 0.25) is 0 Å². The first kappa shape index (κ1) is 23.2. The zero-order valence-corrected chi connectivity index (χ0v) is 18.5. The summed E-state index contributed by atoms with van der Waals surface area (Å²) in [4.78, 5) is 25.0. The summed E-state index contributed by atoms with van der Waals surface area (Å²) in [6, 6.07) is 24.8. The number of nitrogens with one attached hydrogen (secondary N) is 1. The van der Waals surface area contributed by atoms with Gasteiger partial charge in [0, 0.05) is 0 Å². The molecule has 6 nitrogen and oxygen atoms in total. The SMILES string of the molecule is CCS(=O)(=O)c1ccccc1C(=O)OCC(=O)NC(Cc1ccccc1)c1ccccc1. The molecule has 7 heteroatoms. The van der Waals surface area contributed by atoms with Crippen LogP contribution in [0.5, 0.6) is 0 Å². The molecule has 0 aromatic heterocycles. The first-order valence-corrected chi connectivity index (χ1v) is 11.9. The highest BCUT2D eigenvalue weighted by molar-refractivity contribution is 7.91. The Bertz CT molecular complexity index is 1160. The fraction of sp³-hybridized carbons (Fsp3) is 0.200. The van der Waals surface area contributed by atoms with Crippen LogP contribution >= 0.6 is 0 Å². The zero-order valence-electron chi connectivity index (χ0n) is 17.7. The molecule has 1 atom stereocenters. The second-order valence-electron chi connectivity index (χ2n) is 7.20. The minimum absolute atomic E-state index is 0.0777. The Balaban J connectivity index is 1.69. The number of amides is 1. The lowest BCUT2D eigenvalue weighted by atomic mass is 9.99. The highest BCUT2D eigenvalue weighted by Gasteiger charge is 2.23. The third-order valence-corrected chi connectivity index (χ3v) is 6.76. The number of hydrogen-bond acceptors (Lipinski definition) is 5. The lowest BCUT2D eigenvalue weighted by Crippen LogP contribution is -2.33. The summed E-state index contributed by atoms with van der Waals surface area (Å²) in [5.41, 5.74) is 1.90. The smallest absolute Gasteiger partial charge is 0.339 e. The van der Waals surface area contributed by atoms with Crippen LogP contribution in [0.15, 0.2) is 89.8 Å². The first-order chi connectivity index (χ1) is 15.4. The molecule has 3 aromatic carbocycles. The topological polar surface area (TPSA) is 89.5 Å². The van der Waals surface area contributed by atoms with Crippen molar-refractivity contribution in [1.82, 2.24) is 5.32 Å². The van der Waals surface area contributed by atoms with Crippen LogP contribution < -0.4 is 5.32 Å². The molecule has 0 saturated heterocycles. The molecule has 1 N–H and O–H groups in total. The number of carbonyl (C=O) groups excluding carboxylic acids is 2. The fourth-order valence-corrected chi connectivity index (χ4v) is 4.38. The van der Waals surface area contributed by atoms with E-state index in [2.05, 4.69) is 5.32 Å². The third-order valence-electron chi connectivity index (χ3n) is 4.98.